The van der Waals surface area contributed by atoms with Crippen molar-refractivity contribution in [2.45, 2.75) is 44.7 Å². The van der Waals surface area contributed by atoms with Crippen LogP contribution in [0, 0.1) is 17.2 Å². The lowest BCUT2D eigenvalue weighted by atomic mass is 9.97. The van der Waals surface area contributed by atoms with E-state index in [1.54, 1.807) is 48.9 Å². The van der Waals surface area contributed by atoms with E-state index in [0.29, 0.717) is 85.3 Å². The summed E-state index contributed by atoms with van der Waals surface area (Å²) in [5, 5.41) is 21.5. The Bertz CT molecular complexity index is 2910. The van der Waals surface area contributed by atoms with Crippen LogP contribution in [0.4, 0.5) is 5.69 Å². The summed E-state index contributed by atoms with van der Waals surface area (Å²) in [5.41, 5.74) is 3.89. The molecule has 0 saturated carbocycles. The van der Waals surface area contributed by atoms with E-state index in [1.165, 1.54) is 15.4 Å². The number of piperazine rings is 1. The van der Waals surface area contributed by atoms with Crippen molar-refractivity contribution < 1.29 is 19.1 Å². The largest absolute Gasteiger partial charge is 0.490 e. The number of fused-ring (bicyclic) bond motifs is 1. The van der Waals surface area contributed by atoms with Gasteiger partial charge in [-0.25, -0.2) is 19.3 Å². The minimum atomic E-state index is -0.812. The summed E-state index contributed by atoms with van der Waals surface area (Å²) < 4.78 is 8.69. The Labute approximate surface area is 373 Å². The molecule has 3 fully saturated rings. The van der Waals surface area contributed by atoms with E-state index in [2.05, 4.69) is 41.4 Å². The van der Waals surface area contributed by atoms with Gasteiger partial charge in [-0.05, 0) is 86.3 Å². The summed E-state index contributed by atoms with van der Waals surface area (Å²) in [6.07, 6.45) is 7.76. The molecule has 0 radical (unpaired) electrons. The van der Waals surface area contributed by atoms with Crippen LogP contribution in [-0.4, -0.2) is 109 Å². The number of aromatic nitrogens is 6. The maximum absolute atomic E-state index is 13.2. The van der Waals surface area contributed by atoms with E-state index >= 15 is 0 Å². The molecule has 1 unspecified atom stereocenters. The van der Waals surface area contributed by atoms with Gasteiger partial charge in [-0.2, -0.15) is 15.5 Å². The van der Waals surface area contributed by atoms with E-state index in [0.717, 1.165) is 48.3 Å². The second kappa shape index (κ2) is 19.0. The summed E-state index contributed by atoms with van der Waals surface area (Å²) in [5.74, 6) is 0.814. The summed E-state index contributed by atoms with van der Waals surface area (Å²) in [6.45, 7) is 5.90. The van der Waals surface area contributed by atoms with Gasteiger partial charge in [0.15, 0.2) is 11.6 Å². The van der Waals surface area contributed by atoms with Gasteiger partial charge in [0.25, 0.3) is 17.0 Å². The number of amides is 3. The molecule has 1 atom stereocenters. The Morgan fingerprint density at radius 2 is 1.62 bits per heavy atom. The molecule has 65 heavy (non-hydrogen) atoms. The van der Waals surface area contributed by atoms with Crippen LogP contribution < -0.4 is 26.1 Å². The molecular weight excluding hydrogens is 827 g/mol. The molecule has 6 aromatic rings. The van der Waals surface area contributed by atoms with Crippen molar-refractivity contribution in [1.82, 2.24) is 44.6 Å². The monoisotopic (exact) mass is 873 g/mol. The number of anilines is 1. The van der Waals surface area contributed by atoms with Crippen LogP contribution in [0.3, 0.4) is 0 Å². The van der Waals surface area contributed by atoms with E-state index in [9.17, 15) is 29.2 Å². The Morgan fingerprint density at radius 3 is 2.40 bits per heavy atom. The highest BCUT2D eigenvalue weighted by Crippen LogP contribution is 2.25. The first-order valence-electron chi connectivity index (χ1n) is 21.9. The summed E-state index contributed by atoms with van der Waals surface area (Å²) >= 11 is 0. The molecule has 1 N–H and O–H groups in total. The average molecular weight is 874 g/mol. The van der Waals surface area contributed by atoms with Crippen molar-refractivity contribution in [1.29, 1.82) is 5.26 Å². The predicted octanol–water partition coefficient (Wildman–Crippen LogP) is 3.80. The Morgan fingerprint density at radius 1 is 0.831 bits per heavy atom. The third kappa shape index (κ3) is 9.82. The van der Waals surface area contributed by atoms with Crippen LogP contribution in [0.15, 0.2) is 107 Å². The maximum Gasteiger partial charge on any atom is 0.275 e. The zero-order chi connectivity index (χ0) is 44.9. The van der Waals surface area contributed by atoms with Crippen molar-refractivity contribution in [3.05, 3.63) is 129 Å². The van der Waals surface area contributed by atoms with Gasteiger partial charge in [0.1, 0.15) is 6.04 Å². The van der Waals surface area contributed by atoms with Gasteiger partial charge in [0.2, 0.25) is 11.8 Å². The van der Waals surface area contributed by atoms with Crippen LogP contribution in [0.1, 0.15) is 49.3 Å². The third-order valence-electron chi connectivity index (χ3n) is 12.4. The lowest BCUT2D eigenvalue weighted by Crippen LogP contribution is -2.49. The Balaban J connectivity index is 0.699. The van der Waals surface area contributed by atoms with E-state index < -0.39 is 11.9 Å². The molecule has 6 heterocycles. The third-order valence-corrected chi connectivity index (χ3v) is 12.4. The fourth-order valence-corrected chi connectivity index (χ4v) is 8.69. The van der Waals surface area contributed by atoms with Crippen molar-refractivity contribution in [3.63, 3.8) is 0 Å². The fourth-order valence-electron chi connectivity index (χ4n) is 8.69. The van der Waals surface area contributed by atoms with E-state index in [1.807, 2.05) is 47.4 Å². The predicted molar refractivity (Wildman–Crippen MR) is 241 cm³/mol. The first-order chi connectivity index (χ1) is 31.7. The highest BCUT2D eigenvalue weighted by Gasteiger charge is 2.30. The number of imide groups is 1. The number of carbonyl (C=O) groups excluding carboxylic acids is 3. The Hall–Kier alpha value is -7.58. The van der Waals surface area contributed by atoms with Gasteiger partial charge in [0.05, 0.1) is 54.5 Å². The molecule has 3 saturated heterocycles. The molecule has 17 heteroatoms. The van der Waals surface area contributed by atoms with Crippen LogP contribution in [0.25, 0.3) is 33.4 Å². The molecular formula is C48H47N11O6. The summed E-state index contributed by atoms with van der Waals surface area (Å²) in [7, 11) is 0. The normalized spacial score (nSPS) is 17.2. The number of nitrogens with zero attached hydrogens (tertiary/aromatic N) is 10. The molecule has 0 bridgehead atoms. The van der Waals surface area contributed by atoms with E-state index in [4.69, 9.17) is 4.74 Å². The van der Waals surface area contributed by atoms with Crippen LogP contribution in [0.2, 0.25) is 0 Å². The number of benzene rings is 3. The molecule has 0 spiro atoms. The molecule has 3 aliphatic heterocycles. The highest BCUT2D eigenvalue weighted by atomic mass is 16.5. The lowest BCUT2D eigenvalue weighted by molar-refractivity contribution is -0.136. The van der Waals surface area contributed by atoms with Crippen molar-refractivity contribution >= 4 is 34.2 Å². The molecule has 0 aliphatic carbocycles. The lowest BCUT2D eigenvalue weighted by Gasteiger charge is -2.37. The summed E-state index contributed by atoms with van der Waals surface area (Å²) in [4.78, 5) is 78.7. The SMILES string of the molecule is N#Cc1cccc(-c2ccc(=O)n(Cc3cccc(-c4ncc(OCC5CCN(CCC(=O)N6CCN(c7ccc8c(=O)n(C9CCC(=O)NC9=O)ncc8c7)CC6)CC5)cn4)c3)n2)c1. The minimum Gasteiger partial charge on any atom is -0.490 e. The molecule has 3 aromatic heterocycles. The number of rotatable bonds is 12. The molecule has 9 rings (SSSR count). The van der Waals surface area contributed by atoms with Crippen LogP contribution >= 0.6 is 0 Å². The fraction of sp³-hybridized carbons (Fsp3) is 0.333. The number of ether oxygens (including phenoxy) is 1. The molecule has 330 valence electrons. The van der Waals surface area contributed by atoms with Gasteiger partial charge in [0, 0.05) is 73.8 Å². The van der Waals surface area contributed by atoms with Gasteiger partial charge in [-0.1, -0.05) is 30.3 Å². The maximum atomic E-state index is 13.2. The smallest absolute Gasteiger partial charge is 0.275 e. The first-order valence-corrected chi connectivity index (χ1v) is 21.9. The van der Waals surface area contributed by atoms with Crippen LogP contribution in [0.5, 0.6) is 5.75 Å². The quantitative estimate of drug-likeness (QED) is 0.174. The number of carbonyl (C=O) groups is 3. The number of nitriles is 1. The average Bonchev–Trinajstić information content (AvgIpc) is 3.34. The van der Waals surface area contributed by atoms with Gasteiger partial charge in [-0.3, -0.25) is 29.3 Å². The standard InChI is InChI=1S/C48H47N11O6/c49-26-33-3-1-5-35(23-33)41-9-12-45(62)58(54-41)30-34-4-2-6-36(24-34)46-50-28-39(29-51-46)65-31-32-13-16-55(17-14-32)18-15-44(61)57-21-19-56(20-22-57)38-7-8-40-37(25-38)27-52-59(48(40)64)42-10-11-43(60)53-47(42)63/h1-9,12,23-25,27-29,32,42H,10-11,13-22,30-31H2,(H,53,60,63). The number of nitrogens with one attached hydrogen (secondary N) is 1. The van der Waals surface area contributed by atoms with Gasteiger partial charge >= 0.3 is 0 Å². The zero-order valence-corrected chi connectivity index (χ0v) is 35.7. The van der Waals surface area contributed by atoms with Crippen molar-refractivity contribution in [2.75, 3.05) is 57.3 Å². The topological polar surface area (TPSA) is 202 Å². The van der Waals surface area contributed by atoms with Gasteiger partial charge < -0.3 is 19.4 Å². The summed E-state index contributed by atoms with van der Waals surface area (Å²) in [6, 6.07) is 24.8. The second-order valence-corrected chi connectivity index (χ2v) is 16.7. The number of hydrogen-bond donors (Lipinski definition) is 1. The highest BCUT2D eigenvalue weighted by molar-refractivity contribution is 5.99. The van der Waals surface area contributed by atoms with Gasteiger partial charge in [-0.15, -0.1) is 0 Å². The molecule has 3 aromatic carbocycles. The van der Waals surface area contributed by atoms with Crippen LogP contribution in [-0.2, 0) is 20.9 Å². The number of likely N-dealkylation sites (tertiary alicyclic amines) is 1. The van der Waals surface area contributed by atoms with Crippen molar-refractivity contribution in [3.8, 4) is 34.5 Å². The Kier molecular flexibility index (Phi) is 12.5. The number of piperidine rings is 2. The first kappa shape index (κ1) is 42.7. The molecule has 3 amide bonds. The van der Waals surface area contributed by atoms with E-state index in [-0.39, 0.29) is 42.3 Å². The minimum absolute atomic E-state index is 0.153. The number of hydrogen-bond acceptors (Lipinski definition) is 13. The zero-order valence-electron chi connectivity index (χ0n) is 35.7. The molecule has 3 aliphatic rings. The molecule has 17 nitrogen and oxygen atoms in total. The second-order valence-electron chi connectivity index (χ2n) is 16.7. The van der Waals surface area contributed by atoms with Crippen molar-refractivity contribution in [2.24, 2.45) is 5.92 Å².